The first-order valence-corrected chi connectivity index (χ1v) is 7.13. The van der Waals surface area contributed by atoms with Crippen LogP contribution in [-0.2, 0) is 4.79 Å². The molecule has 0 aromatic rings. The van der Waals surface area contributed by atoms with Crippen molar-refractivity contribution in [3.05, 3.63) is 0 Å². The van der Waals surface area contributed by atoms with Crippen LogP contribution in [0.25, 0.3) is 0 Å². The highest BCUT2D eigenvalue weighted by Gasteiger charge is 2.26. The van der Waals surface area contributed by atoms with E-state index in [4.69, 9.17) is 5.73 Å². The Labute approximate surface area is 118 Å². The molecule has 1 unspecified atom stereocenters. The number of halogens is 1. The molecular weight excluding hydrogens is 248 g/mol. The summed E-state index contributed by atoms with van der Waals surface area (Å²) in [6.07, 6.45) is 9.61. The van der Waals surface area contributed by atoms with Gasteiger partial charge in [0.15, 0.2) is 0 Å². The van der Waals surface area contributed by atoms with Crippen molar-refractivity contribution in [2.24, 2.45) is 11.7 Å². The van der Waals surface area contributed by atoms with E-state index in [1.165, 1.54) is 32.1 Å². The van der Waals surface area contributed by atoms with Gasteiger partial charge in [0.1, 0.15) is 0 Å². The lowest BCUT2D eigenvalue weighted by Crippen LogP contribution is -2.51. The molecule has 1 aliphatic rings. The number of amides is 1. The molecule has 3 nitrogen and oxygen atoms in total. The zero-order chi connectivity index (χ0) is 12.7. The molecular formula is C14H29ClN2O. The van der Waals surface area contributed by atoms with Gasteiger partial charge in [-0.05, 0) is 25.7 Å². The van der Waals surface area contributed by atoms with Crippen LogP contribution in [0, 0.1) is 5.92 Å². The normalized spacial score (nSPS) is 19.7. The summed E-state index contributed by atoms with van der Waals surface area (Å²) in [4.78, 5) is 11.9. The second kappa shape index (κ2) is 8.76. The predicted molar refractivity (Wildman–Crippen MR) is 79.0 cm³/mol. The highest BCUT2D eigenvalue weighted by molar-refractivity contribution is 5.85. The van der Waals surface area contributed by atoms with Crippen LogP contribution in [0.15, 0.2) is 0 Å². The summed E-state index contributed by atoms with van der Waals surface area (Å²) in [6.45, 7) is 4.67. The van der Waals surface area contributed by atoms with Crippen LogP contribution in [-0.4, -0.2) is 18.0 Å². The van der Waals surface area contributed by atoms with E-state index in [2.05, 4.69) is 12.2 Å². The second-order valence-electron chi connectivity index (χ2n) is 5.72. The van der Waals surface area contributed by atoms with Crippen LogP contribution in [0.2, 0.25) is 0 Å². The SMILES string of the molecule is CCCC(C)(N)C(=O)NCCC1CCCCC1.Cl. The van der Waals surface area contributed by atoms with Crippen molar-refractivity contribution in [2.45, 2.75) is 70.8 Å². The van der Waals surface area contributed by atoms with Crippen molar-refractivity contribution >= 4 is 18.3 Å². The fraction of sp³-hybridized carbons (Fsp3) is 0.929. The van der Waals surface area contributed by atoms with Crippen molar-refractivity contribution < 1.29 is 4.79 Å². The smallest absolute Gasteiger partial charge is 0.239 e. The lowest BCUT2D eigenvalue weighted by molar-refractivity contribution is -0.126. The van der Waals surface area contributed by atoms with Crippen molar-refractivity contribution in [1.29, 1.82) is 0 Å². The van der Waals surface area contributed by atoms with E-state index in [1.807, 2.05) is 6.92 Å². The maximum absolute atomic E-state index is 11.9. The Bertz CT molecular complexity index is 238. The molecule has 0 spiro atoms. The van der Waals surface area contributed by atoms with Crippen LogP contribution in [0.4, 0.5) is 0 Å². The standard InChI is InChI=1S/C14H28N2O.ClH/c1-3-10-14(2,15)13(17)16-11-9-12-7-5-4-6-8-12;/h12H,3-11,15H2,1-2H3,(H,16,17);1H. The molecule has 4 heteroatoms. The Balaban J connectivity index is 0.00000289. The Kier molecular flexibility index (Phi) is 8.62. The van der Waals surface area contributed by atoms with Crippen molar-refractivity contribution in [2.75, 3.05) is 6.54 Å². The monoisotopic (exact) mass is 276 g/mol. The maximum atomic E-state index is 11.9. The van der Waals surface area contributed by atoms with Gasteiger partial charge in [0.25, 0.3) is 0 Å². The topological polar surface area (TPSA) is 55.1 Å². The van der Waals surface area contributed by atoms with Crippen molar-refractivity contribution in [1.82, 2.24) is 5.32 Å². The van der Waals surface area contributed by atoms with Gasteiger partial charge in [0.2, 0.25) is 5.91 Å². The summed E-state index contributed by atoms with van der Waals surface area (Å²) in [5.41, 5.74) is 5.28. The Hall–Kier alpha value is -0.280. The van der Waals surface area contributed by atoms with Gasteiger partial charge in [-0.2, -0.15) is 0 Å². The third-order valence-electron chi connectivity index (χ3n) is 3.85. The highest BCUT2D eigenvalue weighted by atomic mass is 35.5. The third-order valence-corrected chi connectivity index (χ3v) is 3.85. The summed E-state index contributed by atoms with van der Waals surface area (Å²) in [5, 5.41) is 2.99. The minimum absolute atomic E-state index is 0. The molecule has 1 amide bonds. The number of carbonyl (C=O) groups is 1. The Morgan fingerprint density at radius 2 is 1.94 bits per heavy atom. The Morgan fingerprint density at radius 1 is 1.33 bits per heavy atom. The zero-order valence-corrected chi connectivity index (χ0v) is 12.7. The van der Waals surface area contributed by atoms with Crippen LogP contribution in [0.3, 0.4) is 0 Å². The van der Waals surface area contributed by atoms with E-state index in [-0.39, 0.29) is 18.3 Å². The second-order valence-corrected chi connectivity index (χ2v) is 5.72. The van der Waals surface area contributed by atoms with Gasteiger partial charge in [-0.3, -0.25) is 4.79 Å². The number of carbonyl (C=O) groups excluding carboxylic acids is 1. The largest absolute Gasteiger partial charge is 0.355 e. The third kappa shape index (κ3) is 6.05. The summed E-state index contributed by atoms with van der Waals surface area (Å²) in [7, 11) is 0. The van der Waals surface area contributed by atoms with Crippen LogP contribution in [0.1, 0.15) is 65.2 Å². The number of nitrogens with two attached hydrogens (primary N) is 1. The first-order valence-electron chi connectivity index (χ1n) is 7.13. The number of hydrogen-bond acceptors (Lipinski definition) is 2. The number of nitrogens with one attached hydrogen (secondary N) is 1. The van der Waals surface area contributed by atoms with Gasteiger partial charge in [0, 0.05) is 6.54 Å². The van der Waals surface area contributed by atoms with Crippen LogP contribution < -0.4 is 11.1 Å². The first-order chi connectivity index (χ1) is 8.06. The molecule has 18 heavy (non-hydrogen) atoms. The van der Waals surface area contributed by atoms with Crippen molar-refractivity contribution in [3.63, 3.8) is 0 Å². The predicted octanol–water partition coefficient (Wildman–Crippen LogP) is 3.01. The molecule has 0 aromatic heterocycles. The van der Waals surface area contributed by atoms with E-state index in [0.717, 1.165) is 31.7 Å². The highest BCUT2D eigenvalue weighted by Crippen LogP contribution is 2.25. The van der Waals surface area contributed by atoms with Crippen LogP contribution in [0.5, 0.6) is 0 Å². The van der Waals surface area contributed by atoms with E-state index >= 15 is 0 Å². The van der Waals surface area contributed by atoms with Gasteiger partial charge in [-0.25, -0.2) is 0 Å². The maximum Gasteiger partial charge on any atom is 0.239 e. The molecule has 0 radical (unpaired) electrons. The zero-order valence-electron chi connectivity index (χ0n) is 11.8. The van der Waals surface area contributed by atoms with Gasteiger partial charge in [-0.15, -0.1) is 12.4 Å². The fourth-order valence-corrected chi connectivity index (χ4v) is 2.70. The molecule has 1 saturated carbocycles. The molecule has 108 valence electrons. The van der Waals surface area contributed by atoms with Gasteiger partial charge in [0.05, 0.1) is 5.54 Å². The van der Waals surface area contributed by atoms with Gasteiger partial charge < -0.3 is 11.1 Å². The Morgan fingerprint density at radius 3 is 2.50 bits per heavy atom. The van der Waals surface area contributed by atoms with E-state index < -0.39 is 5.54 Å². The van der Waals surface area contributed by atoms with Crippen LogP contribution >= 0.6 is 12.4 Å². The quantitative estimate of drug-likeness (QED) is 0.784. The van der Waals surface area contributed by atoms with E-state index in [9.17, 15) is 4.79 Å². The van der Waals surface area contributed by atoms with Gasteiger partial charge >= 0.3 is 0 Å². The lowest BCUT2D eigenvalue weighted by atomic mass is 9.87. The molecule has 1 aliphatic carbocycles. The summed E-state index contributed by atoms with van der Waals surface area (Å²) >= 11 is 0. The van der Waals surface area contributed by atoms with E-state index in [1.54, 1.807) is 0 Å². The van der Waals surface area contributed by atoms with E-state index in [0.29, 0.717) is 0 Å². The number of hydrogen-bond donors (Lipinski definition) is 2. The molecule has 0 aliphatic heterocycles. The number of rotatable bonds is 6. The summed E-state index contributed by atoms with van der Waals surface area (Å²) < 4.78 is 0. The molecule has 1 rings (SSSR count). The minimum Gasteiger partial charge on any atom is -0.355 e. The fourth-order valence-electron chi connectivity index (χ4n) is 2.70. The lowest BCUT2D eigenvalue weighted by Gasteiger charge is -2.25. The van der Waals surface area contributed by atoms with Gasteiger partial charge in [-0.1, -0.05) is 45.4 Å². The van der Waals surface area contributed by atoms with Crippen molar-refractivity contribution in [3.8, 4) is 0 Å². The molecule has 0 aromatic carbocycles. The average molecular weight is 277 g/mol. The molecule has 0 bridgehead atoms. The minimum atomic E-state index is -0.693. The average Bonchev–Trinajstić information content (AvgIpc) is 2.30. The summed E-state index contributed by atoms with van der Waals surface area (Å²) in [6, 6.07) is 0. The molecule has 1 fully saturated rings. The molecule has 1 atom stereocenters. The first kappa shape index (κ1) is 17.7. The summed E-state index contributed by atoms with van der Waals surface area (Å²) in [5.74, 6) is 0.828. The molecule has 3 N–H and O–H groups in total. The molecule has 0 heterocycles. The molecule has 0 saturated heterocycles.